The number of morpholine rings is 1. The number of carbonyl (C=O) groups is 2. The summed E-state index contributed by atoms with van der Waals surface area (Å²) >= 11 is 0. The SMILES string of the molecule is C[C@@H]1CC([C@H](O)C(C)(C)O)OC2C[C@@]3(C)[C@@H]4CCC5C(C)(C)[C@@H](OC6CN(C(=O)C7CN(C(=O)OC(C)(C)C)C7)CCO6)CC[C@@]56C[C@@]46CC[C@]3(C)C21. The molecule has 0 aromatic rings. The highest BCUT2D eigenvalue weighted by Crippen LogP contribution is 2.89. The van der Waals surface area contributed by atoms with Gasteiger partial charge in [0.25, 0.3) is 0 Å². The molecule has 2 amide bonds. The van der Waals surface area contributed by atoms with Crippen molar-refractivity contribution in [3.05, 3.63) is 0 Å². The van der Waals surface area contributed by atoms with Crippen molar-refractivity contribution in [2.45, 2.75) is 169 Å². The predicted octanol–water partition coefficient (Wildman–Crippen LogP) is 6.40. The fourth-order valence-electron chi connectivity index (χ4n) is 14.7. The van der Waals surface area contributed by atoms with Crippen molar-refractivity contribution in [3.8, 4) is 0 Å². The summed E-state index contributed by atoms with van der Waals surface area (Å²) in [4.78, 5) is 29.4. The lowest BCUT2D eigenvalue weighted by Gasteiger charge is -2.63. The van der Waals surface area contributed by atoms with Crippen LogP contribution in [0.4, 0.5) is 4.79 Å². The van der Waals surface area contributed by atoms with Crippen LogP contribution in [0.25, 0.3) is 0 Å². The van der Waals surface area contributed by atoms with Crippen LogP contribution in [0.2, 0.25) is 0 Å². The lowest BCUT2D eigenvalue weighted by molar-refractivity contribution is -0.247. The number of hydrogen-bond acceptors (Lipinski definition) is 8. The van der Waals surface area contributed by atoms with E-state index < -0.39 is 23.6 Å². The number of likely N-dealkylation sites (tertiary alicyclic amines) is 1. The van der Waals surface area contributed by atoms with Gasteiger partial charge >= 0.3 is 6.09 Å². The van der Waals surface area contributed by atoms with Crippen molar-refractivity contribution in [1.29, 1.82) is 0 Å². The third-order valence-corrected chi connectivity index (χ3v) is 17.3. The van der Waals surface area contributed by atoms with Gasteiger partial charge in [-0.25, -0.2) is 4.79 Å². The number of aliphatic hydroxyl groups excluding tert-OH is 1. The van der Waals surface area contributed by atoms with E-state index in [0.717, 1.165) is 19.3 Å². The molecule has 0 bridgehead atoms. The number of ether oxygens (including phenoxy) is 4. The molecule has 0 aromatic carbocycles. The molecule has 8 fully saturated rings. The third-order valence-electron chi connectivity index (χ3n) is 17.3. The Kier molecular flexibility index (Phi) is 8.89. The van der Waals surface area contributed by atoms with Crippen molar-refractivity contribution < 1.29 is 38.7 Å². The maximum Gasteiger partial charge on any atom is 0.410 e. The molecule has 5 saturated carbocycles. The molecule has 5 unspecified atom stereocenters. The first-order valence-electron chi connectivity index (χ1n) is 21.2. The Hall–Kier alpha value is -1.46. The lowest BCUT2D eigenvalue weighted by Crippen LogP contribution is -2.60. The Morgan fingerprint density at radius 3 is 2.25 bits per heavy atom. The predicted molar refractivity (Wildman–Crippen MR) is 200 cm³/mol. The fourth-order valence-corrected chi connectivity index (χ4v) is 14.7. The van der Waals surface area contributed by atoms with Gasteiger partial charge in [-0.05, 0) is 143 Å². The summed E-state index contributed by atoms with van der Waals surface area (Å²) in [6.07, 6.45) is 8.67. The molecular formula is C43H70N2O8. The number of aliphatic hydroxyl groups is 2. The monoisotopic (exact) mass is 743 g/mol. The second-order valence-corrected chi connectivity index (χ2v) is 21.9. The highest BCUT2D eigenvalue weighted by atomic mass is 16.7. The molecule has 3 heterocycles. The van der Waals surface area contributed by atoms with Crippen LogP contribution in [0.15, 0.2) is 0 Å². The number of fused-ring (bicyclic) bond motifs is 4. The topological polar surface area (TPSA) is 118 Å². The third kappa shape index (κ3) is 5.70. The van der Waals surface area contributed by atoms with Gasteiger partial charge in [0.15, 0.2) is 6.29 Å². The van der Waals surface area contributed by atoms with Crippen molar-refractivity contribution in [2.24, 2.45) is 56.7 Å². The van der Waals surface area contributed by atoms with E-state index in [9.17, 15) is 19.8 Å². The Morgan fingerprint density at radius 1 is 0.887 bits per heavy atom. The highest BCUT2D eigenvalue weighted by Gasteiger charge is 2.83. The van der Waals surface area contributed by atoms with Gasteiger partial charge < -0.3 is 39.0 Å². The van der Waals surface area contributed by atoms with E-state index in [1.165, 1.54) is 38.5 Å². The summed E-state index contributed by atoms with van der Waals surface area (Å²) in [5, 5.41) is 21.7. The summed E-state index contributed by atoms with van der Waals surface area (Å²) in [6.45, 7) is 23.7. The van der Waals surface area contributed by atoms with Gasteiger partial charge in [0.05, 0.1) is 43.0 Å². The number of rotatable bonds is 5. The molecule has 0 radical (unpaired) electrons. The minimum atomic E-state index is -1.18. The zero-order valence-corrected chi connectivity index (χ0v) is 34.4. The molecule has 3 saturated heterocycles. The van der Waals surface area contributed by atoms with Gasteiger partial charge in [-0.2, -0.15) is 0 Å². The summed E-state index contributed by atoms with van der Waals surface area (Å²) in [5.74, 6) is 2.08. The van der Waals surface area contributed by atoms with E-state index in [4.69, 9.17) is 18.9 Å². The molecule has 2 N–H and O–H groups in total. The molecule has 10 heteroatoms. The highest BCUT2D eigenvalue weighted by molar-refractivity contribution is 5.82. The molecule has 13 atom stereocenters. The van der Waals surface area contributed by atoms with Crippen LogP contribution in [0.3, 0.4) is 0 Å². The number of hydrogen-bond donors (Lipinski definition) is 2. The molecule has 300 valence electrons. The Balaban J connectivity index is 0.920. The molecule has 3 aliphatic heterocycles. The van der Waals surface area contributed by atoms with Crippen molar-refractivity contribution in [3.63, 3.8) is 0 Å². The molecule has 2 spiro atoms. The van der Waals surface area contributed by atoms with Gasteiger partial charge in [-0.3, -0.25) is 4.79 Å². The summed E-state index contributed by atoms with van der Waals surface area (Å²) in [7, 11) is 0. The van der Waals surface area contributed by atoms with Crippen molar-refractivity contribution >= 4 is 12.0 Å². The Labute approximate surface area is 318 Å². The van der Waals surface area contributed by atoms with Crippen LogP contribution >= 0.6 is 0 Å². The zero-order valence-electron chi connectivity index (χ0n) is 34.4. The first-order valence-corrected chi connectivity index (χ1v) is 21.2. The lowest BCUT2D eigenvalue weighted by atomic mass is 9.41. The van der Waals surface area contributed by atoms with Gasteiger partial charge in [0.2, 0.25) is 5.91 Å². The van der Waals surface area contributed by atoms with E-state index in [0.29, 0.717) is 67.3 Å². The van der Waals surface area contributed by atoms with Crippen LogP contribution in [0, 0.1) is 56.7 Å². The standard InChI is InChI=1S/C43H70N2O8/c1-25-19-27(34(46)39(7,8)49)51-28-20-41(10)30-12-11-29-38(5,6)31(13-14-42(29)24-43(30,42)16-15-40(41,9)33(25)28)52-32-23-44(17-18-50-32)35(47)26-21-45(22-26)36(48)53-37(2,3)4/h25-34,46,49H,11-24H2,1-10H3/t25-,27?,28?,29?,30+,31+,32?,33?,34+,40-,41+,42-,43+/m1/s1. The average Bonchev–Trinajstić information content (AvgIpc) is 3.63. The largest absolute Gasteiger partial charge is 0.444 e. The number of amides is 2. The van der Waals surface area contributed by atoms with Gasteiger partial charge in [-0.1, -0.05) is 34.6 Å². The molecule has 0 aromatic heterocycles. The molecule has 5 aliphatic carbocycles. The van der Waals surface area contributed by atoms with Gasteiger partial charge in [-0.15, -0.1) is 0 Å². The van der Waals surface area contributed by atoms with Crippen LogP contribution < -0.4 is 0 Å². The normalized spacial score (nSPS) is 46.9. The van der Waals surface area contributed by atoms with E-state index in [2.05, 4.69) is 34.6 Å². The maximum atomic E-state index is 13.5. The quantitative estimate of drug-likeness (QED) is 0.333. The fraction of sp³-hybridized carbons (Fsp3) is 0.953. The second-order valence-electron chi connectivity index (χ2n) is 21.9. The first-order chi connectivity index (χ1) is 24.6. The summed E-state index contributed by atoms with van der Waals surface area (Å²) in [5.41, 5.74) is -0.601. The smallest absolute Gasteiger partial charge is 0.410 e. The van der Waals surface area contributed by atoms with Gasteiger partial charge in [0.1, 0.15) is 11.7 Å². The molecule has 8 rings (SSSR count). The Morgan fingerprint density at radius 2 is 1.57 bits per heavy atom. The van der Waals surface area contributed by atoms with E-state index in [1.54, 1.807) is 18.7 Å². The van der Waals surface area contributed by atoms with Crippen LogP contribution in [0.1, 0.15) is 127 Å². The maximum absolute atomic E-state index is 13.5. The molecule has 10 nitrogen and oxygen atoms in total. The van der Waals surface area contributed by atoms with Crippen LogP contribution in [-0.2, 0) is 23.7 Å². The second kappa shape index (κ2) is 12.3. The van der Waals surface area contributed by atoms with E-state index in [-0.39, 0.29) is 52.5 Å². The van der Waals surface area contributed by atoms with E-state index in [1.807, 2.05) is 25.7 Å². The minimum Gasteiger partial charge on any atom is -0.444 e. The van der Waals surface area contributed by atoms with E-state index >= 15 is 0 Å². The Bertz CT molecular complexity index is 1470. The first kappa shape index (κ1) is 38.4. The van der Waals surface area contributed by atoms with Crippen LogP contribution in [0.5, 0.6) is 0 Å². The van der Waals surface area contributed by atoms with Crippen molar-refractivity contribution in [1.82, 2.24) is 9.80 Å². The van der Waals surface area contributed by atoms with Gasteiger partial charge in [0, 0.05) is 19.6 Å². The molecular weight excluding hydrogens is 672 g/mol. The number of carbonyl (C=O) groups excluding carboxylic acids is 2. The number of nitrogens with zero attached hydrogens (tertiary/aromatic N) is 2. The minimum absolute atomic E-state index is 0.00629. The molecule has 8 aliphatic rings. The van der Waals surface area contributed by atoms with Crippen molar-refractivity contribution in [2.75, 3.05) is 32.8 Å². The zero-order chi connectivity index (χ0) is 38.3. The summed E-state index contributed by atoms with van der Waals surface area (Å²) in [6, 6.07) is 0. The average molecular weight is 743 g/mol. The van der Waals surface area contributed by atoms with Crippen LogP contribution in [-0.4, -0.2) is 107 Å². The molecule has 53 heavy (non-hydrogen) atoms. The summed E-state index contributed by atoms with van der Waals surface area (Å²) < 4.78 is 25.4.